The molecule has 0 bridgehead atoms. The van der Waals surface area contributed by atoms with Crippen LogP contribution in [-0.2, 0) is 14.6 Å². The van der Waals surface area contributed by atoms with Crippen molar-refractivity contribution in [1.82, 2.24) is 4.90 Å². The molecule has 1 aliphatic heterocycles. The zero-order valence-corrected chi connectivity index (χ0v) is 11.6. The fourth-order valence-corrected chi connectivity index (χ4v) is 2.74. The molecule has 2 atom stereocenters. The molecule has 1 N–H and O–H groups in total. The van der Waals surface area contributed by atoms with Gasteiger partial charge in [-0.2, -0.15) is 0 Å². The van der Waals surface area contributed by atoms with Gasteiger partial charge in [-0.15, -0.1) is 0 Å². The van der Waals surface area contributed by atoms with E-state index in [0.717, 1.165) is 0 Å². The number of sulfone groups is 1. The molecule has 1 fully saturated rings. The lowest BCUT2D eigenvalue weighted by Gasteiger charge is -2.37. The van der Waals surface area contributed by atoms with E-state index in [2.05, 4.69) is 4.90 Å². The SMILES string of the molecule is CC1COC(CO)CN1CCS(=O)(=O)C(C)C. The molecule has 0 radical (unpaired) electrons. The van der Waals surface area contributed by atoms with E-state index in [-0.39, 0.29) is 29.8 Å². The minimum atomic E-state index is -2.99. The van der Waals surface area contributed by atoms with Crippen LogP contribution in [0.2, 0.25) is 0 Å². The van der Waals surface area contributed by atoms with Crippen molar-refractivity contribution in [3.05, 3.63) is 0 Å². The Morgan fingerprint density at radius 2 is 2.12 bits per heavy atom. The number of hydrogen-bond acceptors (Lipinski definition) is 5. The minimum Gasteiger partial charge on any atom is -0.394 e. The van der Waals surface area contributed by atoms with Crippen LogP contribution < -0.4 is 0 Å². The van der Waals surface area contributed by atoms with Crippen LogP contribution in [0.5, 0.6) is 0 Å². The average Bonchev–Trinajstić information content (AvgIpc) is 2.28. The fourth-order valence-electron chi connectivity index (χ4n) is 1.78. The predicted octanol–water partition coefficient (Wildman–Crippen LogP) is -0.109. The molecule has 1 rings (SSSR count). The number of aliphatic hydroxyl groups is 1. The van der Waals surface area contributed by atoms with Crippen molar-refractivity contribution in [1.29, 1.82) is 0 Å². The van der Waals surface area contributed by atoms with Gasteiger partial charge in [0.1, 0.15) is 0 Å². The normalized spacial score (nSPS) is 27.6. The van der Waals surface area contributed by atoms with E-state index >= 15 is 0 Å². The molecule has 6 heteroatoms. The summed E-state index contributed by atoms with van der Waals surface area (Å²) in [6, 6.07) is 0.208. The van der Waals surface area contributed by atoms with Crippen LogP contribution in [0.3, 0.4) is 0 Å². The van der Waals surface area contributed by atoms with Gasteiger partial charge in [0.15, 0.2) is 9.84 Å². The van der Waals surface area contributed by atoms with Gasteiger partial charge in [-0.3, -0.25) is 4.90 Å². The Morgan fingerprint density at radius 3 is 2.65 bits per heavy atom. The Labute approximate surface area is 104 Å². The van der Waals surface area contributed by atoms with Gasteiger partial charge in [-0.1, -0.05) is 0 Å². The molecular formula is C11H23NO4S. The summed E-state index contributed by atoms with van der Waals surface area (Å²) in [6.45, 7) is 7.07. The quantitative estimate of drug-likeness (QED) is 0.751. The molecule has 0 aliphatic carbocycles. The summed E-state index contributed by atoms with van der Waals surface area (Å²) >= 11 is 0. The highest BCUT2D eigenvalue weighted by molar-refractivity contribution is 7.92. The maximum atomic E-state index is 11.7. The van der Waals surface area contributed by atoms with Crippen LogP contribution in [-0.4, -0.2) is 67.9 Å². The lowest BCUT2D eigenvalue weighted by molar-refractivity contribution is -0.0758. The number of nitrogens with zero attached hydrogens (tertiary/aromatic N) is 1. The van der Waals surface area contributed by atoms with Crippen LogP contribution in [0.15, 0.2) is 0 Å². The molecule has 1 aliphatic rings. The first-order valence-corrected chi connectivity index (χ1v) is 7.76. The molecule has 0 saturated carbocycles. The first-order valence-electron chi connectivity index (χ1n) is 6.05. The molecule has 2 unspecified atom stereocenters. The van der Waals surface area contributed by atoms with Crippen molar-refractivity contribution >= 4 is 9.84 Å². The van der Waals surface area contributed by atoms with Gasteiger partial charge in [0, 0.05) is 19.1 Å². The summed E-state index contributed by atoms with van der Waals surface area (Å²) in [5.41, 5.74) is 0. The first kappa shape index (κ1) is 14.9. The summed E-state index contributed by atoms with van der Waals surface area (Å²) in [5, 5.41) is 8.72. The Bertz CT molecular complexity index is 328. The summed E-state index contributed by atoms with van der Waals surface area (Å²) in [5.74, 6) is 0.174. The Morgan fingerprint density at radius 1 is 1.47 bits per heavy atom. The van der Waals surface area contributed by atoms with E-state index in [0.29, 0.717) is 19.7 Å². The highest BCUT2D eigenvalue weighted by atomic mass is 32.2. The van der Waals surface area contributed by atoms with Gasteiger partial charge in [0.05, 0.1) is 30.3 Å². The number of ether oxygens (including phenoxy) is 1. The van der Waals surface area contributed by atoms with Crippen LogP contribution in [0.4, 0.5) is 0 Å². The topological polar surface area (TPSA) is 66.8 Å². The minimum absolute atomic E-state index is 0.0137. The van der Waals surface area contributed by atoms with Crippen molar-refractivity contribution in [2.24, 2.45) is 0 Å². The first-order chi connectivity index (χ1) is 7.86. The lowest BCUT2D eigenvalue weighted by Crippen LogP contribution is -2.50. The van der Waals surface area contributed by atoms with Crippen molar-refractivity contribution < 1.29 is 18.3 Å². The number of hydrogen-bond donors (Lipinski definition) is 1. The van der Waals surface area contributed by atoms with E-state index in [1.165, 1.54) is 0 Å². The molecule has 0 spiro atoms. The van der Waals surface area contributed by atoms with Crippen LogP contribution in [0, 0.1) is 0 Å². The largest absolute Gasteiger partial charge is 0.394 e. The van der Waals surface area contributed by atoms with E-state index in [1.807, 2.05) is 6.92 Å². The predicted molar refractivity (Wildman–Crippen MR) is 66.8 cm³/mol. The van der Waals surface area contributed by atoms with Gasteiger partial charge in [0.2, 0.25) is 0 Å². The van der Waals surface area contributed by atoms with E-state index in [4.69, 9.17) is 9.84 Å². The highest BCUT2D eigenvalue weighted by Crippen LogP contribution is 2.12. The fraction of sp³-hybridized carbons (Fsp3) is 1.00. The Kier molecular flexibility index (Phi) is 5.37. The molecular weight excluding hydrogens is 242 g/mol. The Balaban J connectivity index is 2.50. The second-order valence-corrected chi connectivity index (χ2v) is 7.57. The molecule has 1 heterocycles. The molecule has 0 aromatic rings. The van der Waals surface area contributed by atoms with Crippen molar-refractivity contribution in [2.45, 2.75) is 38.2 Å². The van der Waals surface area contributed by atoms with Gasteiger partial charge < -0.3 is 9.84 Å². The van der Waals surface area contributed by atoms with Crippen LogP contribution >= 0.6 is 0 Å². The third kappa shape index (κ3) is 4.21. The Hall–Kier alpha value is -0.170. The molecule has 0 aromatic carbocycles. The van der Waals surface area contributed by atoms with Crippen LogP contribution in [0.1, 0.15) is 20.8 Å². The molecule has 0 aromatic heterocycles. The molecule has 5 nitrogen and oxygen atoms in total. The van der Waals surface area contributed by atoms with Crippen molar-refractivity contribution in [3.8, 4) is 0 Å². The number of aliphatic hydroxyl groups excluding tert-OH is 1. The maximum absolute atomic E-state index is 11.7. The molecule has 0 amide bonds. The summed E-state index contributed by atoms with van der Waals surface area (Å²) < 4.78 is 28.9. The molecule has 1 saturated heterocycles. The van der Waals surface area contributed by atoms with Crippen LogP contribution in [0.25, 0.3) is 0 Å². The number of morpholine rings is 1. The third-order valence-electron chi connectivity index (χ3n) is 3.22. The van der Waals surface area contributed by atoms with Gasteiger partial charge in [0.25, 0.3) is 0 Å². The van der Waals surface area contributed by atoms with E-state index < -0.39 is 9.84 Å². The second kappa shape index (κ2) is 6.13. The van der Waals surface area contributed by atoms with Crippen molar-refractivity contribution in [3.63, 3.8) is 0 Å². The van der Waals surface area contributed by atoms with Crippen molar-refractivity contribution in [2.75, 3.05) is 32.1 Å². The summed E-state index contributed by atoms with van der Waals surface area (Å²) in [4.78, 5) is 2.07. The van der Waals surface area contributed by atoms with Gasteiger partial charge in [-0.25, -0.2) is 8.42 Å². The lowest BCUT2D eigenvalue weighted by atomic mass is 10.2. The molecule has 102 valence electrons. The maximum Gasteiger partial charge on any atom is 0.153 e. The van der Waals surface area contributed by atoms with E-state index in [1.54, 1.807) is 13.8 Å². The summed E-state index contributed by atoms with van der Waals surface area (Å²) in [7, 11) is -2.99. The van der Waals surface area contributed by atoms with Gasteiger partial charge in [-0.05, 0) is 20.8 Å². The standard InChI is InChI=1S/C11H23NO4S/c1-9(2)17(14,15)5-4-12-6-11(7-13)16-8-10(12)3/h9-11,13H,4-8H2,1-3H3. The van der Waals surface area contributed by atoms with Gasteiger partial charge >= 0.3 is 0 Å². The zero-order chi connectivity index (χ0) is 13.1. The average molecular weight is 265 g/mol. The third-order valence-corrected chi connectivity index (χ3v) is 5.41. The zero-order valence-electron chi connectivity index (χ0n) is 10.8. The number of rotatable bonds is 5. The second-order valence-electron chi connectivity index (χ2n) is 4.90. The monoisotopic (exact) mass is 265 g/mol. The highest BCUT2D eigenvalue weighted by Gasteiger charge is 2.27. The summed E-state index contributed by atoms with van der Waals surface area (Å²) in [6.07, 6.45) is -0.187. The molecule has 17 heavy (non-hydrogen) atoms. The van der Waals surface area contributed by atoms with E-state index in [9.17, 15) is 8.42 Å². The smallest absolute Gasteiger partial charge is 0.153 e.